The molecule has 152 valence electrons. The largest absolute Gasteiger partial charge is 0.493 e. The number of carbonyl (C=O) groups is 1. The molecule has 5 nitrogen and oxygen atoms in total. The van der Waals surface area contributed by atoms with E-state index in [1.54, 1.807) is 18.2 Å². The summed E-state index contributed by atoms with van der Waals surface area (Å²) in [6, 6.07) is 11.4. The van der Waals surface area contributed by atoms with E-state index in [1.807, 2.05) is 24.3 Å². The van der Waals surface area contributed by atoms with Crippen molar-refractivity contribution < 1.29 is 19.0 Å². The molecule has 3 rings (SSSR count). The van der Waals surface area contributed by atoms with Crippen LogP contribution in [0.15, 0.2) is 41.3 Å². The molecule has 2 aromatic rings. The number of rotatable bonds is 8. The van der Waals surface area contributed by atoms with E-state index in [0.717, 1.165) is 12.2 Å². The molecule has 1 aliphatic rings. The normalized spacial score (nSPS) is 14.8. The highest BCUT2D eigenvalue weighted by Gasteiger charge is 2.22. The lowest BCUT2D eigenvalue weighted by molar-refractivity contribution is -0.115. The summed E-state index contributed by atoms with van der Waals surface area (Å²) in [5.74, 6) is 1.47. The predicted molar refractivity (Wildman–Crippen MR) is 121 cm³/mol. The Labute approximate surface area is 184 Å². The van der Waals surface area contributed by atoms with E-state index >= 15 is 0 Å². The zero-order valence-electron chi connectivity index (χ0n) is 16.0. The van der Waals surface area contributed by atoms with Crippen LogP contribution in [0.5, 0.6) is 17.2 Å². The monoisotopic (exact) mass is 449 g/mol. The lowest BCUT2D eigenvalue weighted by Gasteiger charge is -2.14. The number of ether oxygens (including phenoxy) is 3. The highest BCUT2D eigenvalue weighted by atomic mass is 35.5. The maximum atomic E-state index is 11.8. The van der Waals surface area contributed by atoms with Crippen LogP contribution in [0.4, 0.5) is 0 Å². The number of methoxy groups -OCH3 is 1. The van der Waals surface area contributed by atoms with Crippen molar-refractivity contribution in [1.82, 2.24) is 5.32 Å². The molecule has 0 unspecified atom stereocenters. The number of aryl methyl sites for hydroxylation is 1. The molecular formula is C21H20ClNO4S2. The SMILES string of the molecule is CCc1ccc(OCCOc2c(Cl)cc(C=C3SC(=S)NC3=O)cc2OC)cc1. The summed E-state index contributed by atoms with van der Waals surface area (Å²) in [6.07, 6.45) is 2.70. The fourth-order valence-corrected chi connectivity index (χ4v) is 3.98. The molecule has 0 radical (unpaired) electrons. The molecule has 0 aromatic heterocycles. The van der Waals surface area contributed by atoms with Crippen LogP contribution >= 0.6 is 35.6 Å². The zero-order chi connectivity index (χ0) is 20.8. The Morgan fingerprint density at radius 1 is 1.17 bits per heavy atom. The molecule has 0 aliphatic carbocycles. The summed E-state index contributed by atoms with van der Waals surface area (Å²) >= 11 is 12.6. The van der Waals surface area contributed by atoms with Crippen molar-refractivity contribution in [3.8, 4) is 17.2 Å². The molecule has 8 heteroatoms. The van der Waals surface area contributed by atoms with Gasteiger partial charge in [-0.1, -0.05) is 54.6 Å². The second-order valence-electron chi connectivity index (χ2n) is 6.08. The smallest absolute Gasteiger partial charge is 0.263 e. The molecule has 1 amide bonds. The van der Waals surface area contributed by atoms with E-state index in [-0.39, 0.29) is 5.91 Å². The van der Waals surface area contributed by atoms with Crippen LogP contribution in [0, 0.1) is 0 Å². The van der Waals surface area contributed by atoms with Crippen molar-refractivity contribution in [3.63, 3.8) is 0 Å². The second-order valence-corrected chi connectivity index (χ2v) is 8.21. The zero-order valence-corrected chi connectivity index (χ0v) is 18.4. The van der Waals surface area contributed by atoms with Gasteiger partial charge < -0.3 is 19.5 Å². The van der Waals surface area contributed by atoms with Gasteiger partial charge in [0.05, 0.1) is 17.0 Å². The van der Waals surface area contributed by atoms with Crippen molar-refractivity contribution in [2.24, 2.45) is 0 Å². The number of hydrogen-bond donors (Lipinski definition) is 1. The summed E-state index contributed by atoms with van der Waals surface area (Å²) in [7, 11) is 1.54. The fraction of sp³-hybridized carbons (Fsp3) is 0.238. The van der Waals surface area contributed by atoms with Crippen LogP contribution in [0.1, 0.15) is 18.1 Å². The first-order valence-corrected chi connectivity index (χ1v) is 10.6. The van der Waals surface area contributed by atoms with Gasteiger partial charge >= 0.3 is 0 Å². The van der Waals surface area contributed by atoms with Crippen LogP contribution in [-0.4, -0.2) is 30.6 Å². The molecule has 0 bridgehead atoms. The van der Waals surface area contributed by atoms with Crippen molar-refractivity contribution in [3.05, 3.63) is 57.5 Å². The minimum Gasteiger partial charge on any atom is -0.493 e. The second kappa shape index (κ2) is 10.0. The van der Waals surface area contributed by atoms with Crippen molar-refractivity contribution in [2.75, 3.05) is 20.3 Å². The summed E-state index contributed by atoms with van der Waals surface area (Å²) in [5.41, 5.74) is 1.98. The van der Waals surface area contributed by atoms with Gasteiger partial charge in [-0.3, -0.25) is 4.79 Å². The lowest BCUT2D eigenvalue weighted by Crippen LogP contribution is -2.17. The third kappa shape index (κ3) is 5.65. The molecule has 1 aliphatic heterocycles. The van der Waals surface area contributed by atoms with Gasteiger partial charge in [-0.05, 0) is 47.9 Å². The van der Waals surface area contributed by atoms with Crippen molar-refractivity contribution in [2.45, 2.75) is 13.3 Å². The van der Waals surface area contributed by atoms with E-state index in [4.69, 9.17) is 38.0 Å². The Morgan fingerprint density at radius 3 is 2.52 bits per heavy atom. The van der Waals surface area contributed by atoms with Crippen LogP contribution in [0.3, 0.4) is 0 Å². The van der Waals surface area contributed by atoms with E-state index < -0.39 is 0 Å². The number of benzene rings is 2. The quantitative estimate of drug-likeness (QED) is 0.353. The topological polar surface area (TPSA) is 56.8 Å². The fourth-order valence-electron chi connectivity index (χ4n) is 2.66. The number of amides is 1. The average molecular weight is 450 g/mol. The summed E-state index contributed by atoms with van der Waals surface area (Å²) in [5, 5.41) is 2.96. The Kier molecular flexibility index (Phi) is 7.41. The van der Waals surface area contributed by atoms with E-state index in [2.05, 4.69) is 12.2 Å². The van der Waals surface area contributed by atoms with Gasteiger partial charge in [0, 0.05) is 0 Å². The van der Waals surface area contributed by atoms with Gasteiger partial charge in [-0.15, -0.1) is 0 Å². The molecule has 1 heterocycles. The minimum absolute atomic E-state index is 0.223. The molecule has 0 saturated carbocycles. The lowest BCUT2D eigenvalue weighted by atomic mass is 10.2. The van der Waals surface area contributed by atoms with Gasteiger partial charge in [-0.25, -0.2) is 0 Å². The number of nitrogens with one attached hydrogen (secondary N) is 1. The molecule has 29 heavy (non-hydrogen) atoms. The van der Waals surface area contributed by atoms with Crippen LogP contribution in [-0.2, 0) is 11.2 Å². The number of halogens is 1. The first-order chi connectivity index (χ1) is 14.0. The number of thiocarbonyl (C=S) groups is 1. The van der Waals surface area contributed by atoms with Gasteiger partial charge in [0.1, 0.15) is 23.3 Å². The third-order valence-electron chi connectivity index (χ3n) is 4.12. The van der Waals surface area contributed by atoms with Crippen molar-refractivity contribution in [1.29, 1.82) is 0 Å². The summed E-state index contributed by atoms with van der Waals surface area (Å²) < 4.78 is 17.3. The summed E-state index contributed by atoms with van der Waals surface area (Å²) in [4.78, 5) is 12.3. The molecule has 2 aromatic carbocycles. The molecule has 0 spiro atoms. The minimum atomic E-state index is -0.223. The maximum absolute atomic E-state index is 11.8. The molecule has 1 fully saturated rings. The highest BCUT2D eigenvalue weighted by molar-refractivity contribution is 8.26. The van der Waals surface area contributed by atoms with Gasteiger partial charge in [0.2, 0.25) is 0 Å². The Bertz CT molecular complexity index is 944. The number of hydrogen-bond acceptors (Lipinski definition) is 6. The predicted octanol–water partition coefficient (Wildman–Crippen LogP) is 4.86. The van der Waals surface area contributed by atoms with Crippen LogP contribution in [0.25, 0.3) is 6.08 Å². The standard InChI is InChI=1S/C21H20ClNO4S2/c1-3-13-4-6-15(7-5-13)26-8-9-27-19-16(22)10-14(11-17(19)25-2)12-18-20(24)23-21(28)29-18/h4-7,10-12H,3,8-9H2,1-2H3,(H,23,24,28). The summed E-state index contributed by atoms with van der Waals surface area (Å²) in [6.45, 7) is 2.78. The average Bonchev–Trinajstić information content (AvgIpc) is 3.03. The van der Waals surface area contributed by atoms with Crippen LogP contribution < -0.4 is 19.5 Å². The first kappa shape index (κ1) is 21.5. The molecular weight excluding hydrogens is 430 g/mol. The van der Waals surface area contributed by atoms with E-state index in [1.165, 1.54) is 24.4 Å². The van der Waals surface area contributed by atoms with E-state index in [0.29, 0.717) is 44.5 Å². The maximum Gasteiger partial charge on any atom is 0.263 e. The molecule has 1 saturated heterocycles. The molecule has 1 N–H and O–H groups in total. The van der Waals surface area contributed by atoms with Crippen molar-refractivity contribution >= 4 is 51.9 Å². The Balaban J connectivity index is 1.64. The Hall–Kier alpha value is -2.22. The molecule has 0 atom stereocenters. The van der Waals surface area contributed by atoms with Gasteiger partial charge in [0.15, 0.2) is 11.5 Å². The third-order valence-corrected chi connectivity index (χ3v) is 5.57. The van der Waals surface area contributed by atoms with Gasteiger partial charge in [-0.2, -0.15) is 0 Å². The van der Waals surface area contributed by atoms with E-state index in [9.17, 15) is 4.79 Å². The number of carbonyl (C=O) groups excluding carboxylic acids is 1. The van der Waals surface area contributed by atoms with Gasteiger partial charge in [0.25, 0.3) is 5.91 Å². The Morgan fingerprint density at radius 2 is 1.90 bits per heavy atom. The first-order valence-electron chi connectivity index (χ1n) is 8.97. The number of thioether (sulfide) groups is 1. The highest BCUT2D eigenvalue weighted by Crippen LogP contribution is 2.38. The van der Waals surface area contributed by atoms with Crippen LogP contribution in [0.2, 0.25) is 5.02 Å².